The first-order valence-electron chi connectivity index (χ1n) is 6.83. The molecule has 8 heteroatoms. The van der Waals surface area contributed by atoms with Crippen LogP contribution >= 0.6 is 11.6 Å². The number of hydrogen-bond donors (Lipinski definition) is 0. The third-order valence-corrected chi connectivity index (χ3v) is 3.46. The fourth-order valence-electron chi connectivity index (χ4n) is 1.93. The van der Waals surface area contributed by atoms with Gasteiger partial charge in [0.05, 0.1) is 4.92 Å². The first-order chi connectivity index (χ1) is 11.4. The third kappa shape index (κ3) is 4.08. The van der Waals surface area contributed by atoms with Gasteiger partial charge in [-0.1, -0.05) is 29.8 Å². The molecule has 2 aromatic carbocycles. The summed E-state index contributed by atoms with van der Waals surface area (Å²) in [6, 6.07) is 12.4. The molecule has 7 nitrogen and oxygen atoms in total. The lowest BCUT2D eigenvalue weighted by Crippen LogP contribution is -2.31. The summed E-state index contributed by atoms with van der Waals surface area (Å²) in [5.41, 5.74) is -0.105. The summed E-state index contributed by atoms with van der Waals surface area (Å²) < 4.78 is 4.89. The van der Waals surface area contributed by atoms with Gasteiger partial charge in [0.1, 0.15) is 5.56 Å². The van der Waals surface area contributed by atoms with Gasteiger partial charge < -0.3 is 9.64 Å². The zero-order valence-electron chi connectivity index (χ0n) is 12.6. The van der Waals surface area contributed by atoms with Crippen LogP contribution in [0.15, 0.2) is 48.5 Å². The fraction of sp³-hybridized carbons (Fsp3) is 0.125. The number of likely N-dealkylation sites (N-methyl/N-ethyl adjacent to an activating group) is 1. The van der Waals surface area contributed by atoms with Crippen molar-refractivity contribution >= 4 is 34.9 Å². The molecule has 0 heterocycles. The number of amides is 1. The van der Waals surface area contributed by atoms with Crippen molar-refractivity contribution in [1.29, 1.82) is 0 Å². The molecule has 0 aliphatic heterocycles. The second-order valence-electron chi connectivity index (χ2n) is 4.78. The van der Waals surface area contributed by atoms with Crippen molar-refractivity contribution in [3.63, 3.8) is 0 Å². The predicted molar refractivity (Wildman–Crippen MR) is 88.2 cm³/mol. The maximum Gasteiger partial charge on any atom is 0.345 e. The Kier molecular flexibility index (Phi) is 5.49. The molecule has 0 radical (unpaired) electrons. The van der Waals surface area contributed by atoms with Crippen LogP contribution in [0, 0.1) is 10.1 Å². The van der Waals surface area contributed by atoms with Gasteiger partial charge in [-0.3, -0.25) is 14.9 Å². The van der Waals surface area contributed by atoms with Crippen LogP contribution in [0.25, 0.3) is 0 Å². The summed E-state index contributed by atoms with van der Waals surface area (Å²) in [4.78, 5) is 35.6. The monoisotopic (exact) mass is 348 g/mol. The molecule has 0 aromatic heterocycles. The number of hydrogen-bond acceptors (Lipinski definition) is 5. The number of para-hydroxylation sites is 1. The highest BCUT2D eigenvalue weighted by Gasteiger charge is 2.23. The fourth-order valence-corrected chi connectivity index (χ4v) is 2.09. The quantitative estimate of drug-likeness (QED) is 0.470. The predicted octanol–water partition coefficient (Wildman–Crippen LogP) is 3.07. The van der Waals surface area contributed by atoms with Gasteiger partial charge in [0.15, 0.2) is 6.61 Å². The first kappa shape index (κ1) is 17.4. The SMILES string of the molecule is CN(C(=O)COC(=O)c1ccc(Cl)cc1[N+](=O)[O-])c1ccccc1. The van der Waals surface area contributed by atoms with Crippen molar-refractivity contribution in [2.45, 2.75) is 0 Å². The van der Waals surface area contributed by atoms with E-state index in [2.05, 4.69) is 0 Å². The van der Waals surface area contributed by atoms with Crippen LogP contribution in [0.4, 0.5) is 11.4 Å². The number of ether oxygens (including phenoxy) is 1. The molecule has 0 bridgehead atoms. The molecule has 0 spiro atoms. The van der Waals surface area contributed by atoms with Crippen LogP contribution in [0.1, 0.15) is 10.4 Å². The van der Waals surface area contributed by atoms with Crippen molar-refractivity contribution in [3.8, 4) is 0 Å². The van der Waals surface area contributed by atoms with Gasteiger partial charge in [0.25, 0.3) is 11.6 Å². The number of benzene rings is 2. The summed E-state index contributed by atoms with van der Waals surface area (Å²) in [6.45, 7) is -0.538. The maximum atomic E-state index is 12.0. The van der Waals surface area contributed by atoms with E-state index in [9.17, 15) is 19.7 Å². The molecule has 0 saturated carbocycles. The standard InChI is InChI=1S/C16H13ClN2O5/c1-18(12-5-3-2-4-6-12)15(20)10-24-16(21)13-8-7-11(17)9-14(13)19(22)23/h2-9H,10H2,1H3. The lowest BCUT2D eigenvalue weighted by atomic mass is 10.2. The lowest BCUT2D eigenvalue weighted by molar-refractivity contribution is -0.385. The molecule has 1 amide bonds. The molecular weight excluding hydrogens is 336 g/mol. The van der Waals surface area contributed by atoms with Crippen molar-refractivity contribution in [3.05, 3.63) is 69.2 Å². The zero-order valence-corrected chi connectivity index (χ0v) is 13.4. The number of nitro benzene ring substituents is 1. The number of nitrogens with zero attached hydrogens (tertiary/aromatic N) is 2. The summed E-state index contributed by atoms with van der Waals surface area (Å²) in [5.74, 6) is -1.43. The average Bonchev–Trinajstić information content (AvgIpc) is 2.59. The molecule has 2 aromatic rings. The number of anilines is 1. The zero-order chi connectivity index (χ0) is 17.7. The Morgan fingerprint density at radius 3 is 2.50 bits per heavy atom. The smallest absolute Gasteiger partial charge is 0.345 e. The molecule has 0 aliphatic rings. The Bertz CT molecular complexity index is 779. The highest BCUT2D eigenvalue weighted by molar-refractivity contribution is 6.31. The Labute approximate surface area is 142 Å². The van der Waals surface area contributed by atoms with Crippen molar-refractivity contribution in [2.24, 2.45) is 0 Å². The second-order valence-corrected chi connectivity index (χ2v) is 5.22. The number of rotatable bonds is 5. The maximum absolute atomic E-state index is 12.0. The first-order valence-corrected chi connectivity index (χ1v) is 7.20. The topological polar surface area (TPSA) is 89.8 Å². The van der Waals surface area contributed by atoms with E-state index < -0.39 is 29.1 Å². The van der Waals surface area contributed by atoms with Crippen molar-refractivity contribution in [2.75, 3.05) is 18.6 Å². The molecule has 0 fully saturated rings. The summed E-state index contributed by atoms with van der Waals surface area (Å²) in [6.07, 6.45) is 0. The van der Waals surface area contributed by atoms with E-state index >= 15 is 0 Å². The van der Waals surface area contributed by atoms with Crippen LogP contribution in [0.5, 0.6) is 0 Å². The number of carbonyl (C=O) groups is 2. The summed E-state index contributed by atoms with van der Waals surface area (Å²) >= 11 is 5.69. The highest BCUT2D eigenvalue weighted by Crippen LogP contribution is 2.24. The molecule has 2 rings (SSSR count). The van der Waals surface area contributed by atoms with Crippen molar-refractivity contribution in [1.82, 2.24) is 0 Å². The molecule has 24 heavy (non-hydrogen) atoms. The highest BCUT2D eigenvalue weighted by atomic mass is 35.5. The third-order valence-electron chi connectivity index (χ3n) is 3.22. The Balaban J connectivity index is 2.06. The normalized spacial score (nSPS) is 10.1. The van der Waals surface area contributed by atoms with E-state index in [-0.39, 0.29) is 10.6 Å². The number of nitro groups is 1. The Hall–Kier alpha value is -2.93. The Morgan fingerprint density at radius 2 is 1.88 bits per heavy atom. The molecule has 0 atom stereocenters. The van der Waals surface area contributed by atoms with Gasteiger partial charge in [-0.25, -0.2) is 4.79 Å². The van der Waals surface area contributed by atoms with Crippen LogP contribution in [0.3, 0.4) is 0 Å². The number of halogens is 1. The van der Waals surface area contributed by atoms with Gasteiger partial charge in [0.2, 0.25) is 0 Å². The van der Waals surface area contributed by atoms with E-state index in [1.165, 1.54) is 24.1 Å². The van der Waals surface area contributed by atoms with Crippen LogP contribution in [0.2, 0.25) is 5.02 Å². The van der Waals surface area contributed by atoms with Gasteiger partial charge >= 0.3 is 5.97 Å². The van der Waals surface area contributed by atoms with Gasteiger partial charge in [-0.15, -0.1) is 0 Å². The largest absolute Gasteiger partial charge is 0.452 e. The molecule has 0 N–H and O–H groups in total. The molecule has 0 unspecified atom stereocenters. The van der Waals surface area contributed by atoms with Crippen molar-refractivity contribution < 1.29 is 19.2 Å². The number of carbonyl (C=O) groups excluding carboxylic acids is 2. The van der Waals surface area contributed by atoms with Gasteiger partial charge in [-0.2, -0.15) is 0 Å². The Morgan fingerprint density at radius 1 is 1.21 bits per heavy atom. The molecular formula is C16H13ClN2O5. The lowest BCUT2D eigenvalue weighted by Gasteiger charge is -2.17. The summed E-state index contributed by atoms with van der Waals surface area (Å²) in [5, 5.41) is 11.1. The summed E-state index contributed by atoms with van der Waals surface area (Å²) in [7, 11) is 1.54. The number of esters is 1. The molecule has 0 saturated heterocycles. The van der Waals surface area contributed by atoms with Gasteiger partial charge in [-0.05, 0) is 24.3 Å². The average molecular weight is 349 g/mol. The van der Waals surface area contributed by atoms with Crippen LogP contribution in [-0.4, -0.2) is 30.5 Å². The van der Waals surface area contributed by atoms with E-state index in [1.807, 2.05) is 6.07 Å². The van der Waals surface area contributed by atoms with E-state index in [0.29, 0.717) is 5.69 Å². The van der Waals surface area contributed by atoms with E-state index in [0.717, 1.165) is 6.07 Å². The minimum absolute atomic E-state index is 0.123. The molecule has 0 aliphatic carbocycles. The van der Waals surface area contributed by atoms with Crippen LogP contribution in [-0.2, 0) is 9.53 Å². The minimum Gasteiger partial charge on any atom is -0.452 e. The minimum atomic E-state index is -0.965. The molecule has 124 valence electrons. The van der Waals surface area contributed by atoms with E-state index in [4.69, 9.17) is 16.3 Å². The van der Waals surface area contributed by atoms with Gasteiger partial charge in [0, 0.05) is 23.8 Å². The second kappa shape index (κ2) is 7.56. The van der Waals surface area contributed by atoms with Crippen LogP contribution < -0.4 is 4.90 Å². The van der Waals surface area contributed by atoms with E-state index in [1.54, 1.807) is 24.3 Å².